The fourth-order valence-electron chi connectivity index (χ4n) is 9.22. The number of nitriles is 1. The van der Waals surface area contributed by atoms with E-state index in [-0.39, 0.29) is 171 Å². The Labute approximate surface area is 535 Å². The number of fused-ring (bicyclic) bond motifs is 2. The number of hydrogen-bond donors (Lipinski definition) is 1. The summed E-state index contributed by atoms with van der Waals surface area (Å²) in [6.07, 6.45) is 0.693. The number of thiazole rings is 2. The number of pyridine rings is 1. The molecule has 0 fully saturated rings. The van der Waals surface area contributed by atoms with Gasteiger partial charge in [-0.2, -0.15) is 19.4 Å². The number of aryl methyl sites for hydroxylation is 5. The Bertz CT molecular complexity index is 4170. The van der Waals surface area contributed by atoms with Crippen LogP contribution in [0.5, 0.6) is 0 Å². The van der Waals surface area contributed by atoms with Crippen molar-refractivity contribution < 1.29 is 129 Å². The zero-order valence-corrected chi connectivity index (χ0v) is 52.3. The van der Waals surface area contributed by atoms with E-state index in [2.05, 4.69) is 20.8 Å². The molecule has 4 aromatic heterocycles. The van der Waals surface area contributed by atoms with Gasteiger partial charge in [-0.15, -0.1) is 10.2 Å². The van der Waals surface area contributed by atoms with Crippen LogP contribution in [0.1, 0.15) is 98.7 Å². The van der Waals surface area contributed by atoms with Gasteiger partial charge in [0.05, 0.1) is 58.5 Å². The van der Waals surface area contributed by atoms with Crippen molar-refractivity contribution >= 4 is 125 Å². The molecule has 8 aromatic rings. The molecule has 0 atom stereocenters. The summed E-state index contributed by atoms with van der Waals surface area (Å²) in [6.45, 7) is 17.3. The number of benzene rings is 4. The van der Waals surface area contributed by atoms with Gasteiger partial charge in [-0.3, -0.25) is 9.94 Å². The Hall–Kier alpha value is -3.94. The van der Waals surface area contributed by atoms with Crippen LogP contribution in [0.4, 0.5) is 39.6 Å². The first kappa shape index (κ1) is 70.5. The van der Waals surface area contributed by atoms with Gasteiger partial charge in [0.1, 0.15) is 53.5 Å². The summed E-state index contributed by atoms with van der Waals surface area (Å²) in [5, 5.41) is 43.0. The average Bonchev–Trinajstić information content (AvgIpc) is 3.46. The molecule has 0 aliphatic rings. The molecule has 0 saturated carbocycles. The number of rotatable bonds is 18. The van der Waals surface area contributed by atoms with Crippen LogP contribution in [-0.2, 0) is 70.8 Å². The maximum Gasteiger partial charge on any atom is 1.00 e. The fraction of sp³-hybridized carbons (Fsp3) is 0.300. The molecule has 82 heavy (non-hydrogen) atoms. The van der Waals surface area contributed by atoms with Crippen LogP contribution in [0.15, 0.2) is 84.4 Å². The largest absolute Gasteiger partial charge is 1.00 e. The maximum absolute atomic E-state index is 13.2. The molecule has 0 saturated heterocycles. The molecule has 32 heteroatoms. The van der Waals surface area contributed by atoms with Crippen molar-refractivity contribution in [2.75, 3.05) is 10.2 Å². The second-order valence-corrected chi connectivity index (χ2v) is 25.6. The minimum absolute atomic E-state index is 0. The smallest absolute Gasteiger partial charge is 0.744 e. The van der Waals surface area contributed by atoms with Crippen molar-refractivity contribution in [1.82, 2.24) is 24.7 Å². The molecule has 0 bridgehead atoms. The Morgan fingerprint density at radius 2 is 1.32 bits per heavy atom. The summed E-state index contributed by atoms with van der Waals surface area (Å²) in [5.74, 6) is -0.0881. The predicted molar refractivity (Wildman–Crippen MR) is 290 cm³/mol. The van der Waals surface area contributed by atoms with Gasteiger partial charge in [0.15, 0.2) is 16.8 Å². The molecule has 0 spiro atoms. The summed E-state index contributed by atoms with van der Waals surface area (Å²) in [4.78, 5) is 15.4. The quantitative estimate of drug-likeness (QED) is 0.0253. The van der Waals surface area contributed by atoms with Gasteiger partial charge < -0.3 is 24.2 Å². The van der Waals surface area contributed by atoms with Gasteiger partial charge in [0.25, 0.3) is 0 Å². The maximum atomic E-state index is 13.2. The molecule has 0 aliphatic heterocycles. The van der Waals surface area contributed by atoms with E-state index < -0.39 is 50.5 Å². The third-order valence-electron chi connectivity index (χ3n) is 12.5. The molecular formula is C50H48Li4N10O12S6. The van der Waals surface area contributed by atoms with Gasteiger partial charge in [-0.05, 0) is 128 Å². The molecule has 1 N–H and O–H groups in total. The van der Waals surface area contributed by atoms with Crippen LogP contribution < -0.4 is 90.9 Å². The van der Waals surface area contributed by atoms with Crippen molar-refractivity contribution in [1.29, 1.82) is 5.26 Å². The van der Waals surface area contributed by atoms with Crippen molar-refractivity contribution in [2.24, 2.45) is 10.2 Å². The summed E-state index contributed by atoms with van der Waals surface area (Å²) < 4.78 is 122. The average molecular weight is 1200 g/mol. The molecule has 0 amide bonds. The summed E-state index contributed by atoms with van der Waals surface area (Å²) in [7, 11) is -15.1. The van der Waals surface area contributed by atoms with Gasteiger partial charge in [-0.1, -0.05) is 83.3 Å². The molecule has 22 nitrogen and oxygen atoms in total. The second-order valence-electron chi connectivity index (χ2n) is 18.8. The fourth-order valence-corrected chi connectivity index (χ4v) is 14.2. The SMILES string of the molecule is CCc1cc(C)c(S(=O)(=O)[O-])c(CC)c1Nc1nc(N(c2nc3ccc(S(=O)(=O)[O-])cc3s2)c2c(CC)cc(C)c(S(=O)(=O)[O-])c2CC)cc(C)c1N=Nc1c(C#N)c(C(C)(C)C)nn1-c1nc2ccc(SOO[O-])cc2s1.[Li+].[Li+].[Li+].[Li+]. The van der Waals surface area contributed by atoms with Crippen molar-refractivity contribution in [3.05, 3.63) is 105 Å². The van der Waals surface area contributed by atoms with Gasteiger partial charge >= 0.3 is 75.4 Å². The first-order valence-electron chi connectivity index (χ1n) is 23.8. The summed E-state index contributed by atoms with van der Waals surface area (Å²) >= 11 is 2.83. The number of nitrogens with zero attached hydrogens (tertiary/aromatic N) is 9. The monoisotopic (exact) mass is 1200 g/mol. The Kier molecular flexibility index (Phi) is 23.8. The van der Waals surface area contributed by atoms with E-state index in [0.29, 0.717) is 62.4 Å². The van der Waals surface area contributed by atoms with Crippen molar-refractivity contribution in [3.63, 3.8) is 0 Å². The Morgan fingerprint density at radius 1 is 0.732 bits per heavy atom. The van der Waals surface area contributed by atoms with Crippen molar-refractivity contribution in [2.45, 2.75) is 120 Å². The molecule has 0 unspecified atom stereocenters. The van der Waals surface area contributed by atoms with E-state index in [4.69, 9.17) is 30.3 Å². The topological polar surface area (TPSA) is 333 Å². The second kappa shape index (κ2) is 27.6. The van der Waals surface area contributed by atoms with E-state index in [1.807, 2.05) is 34.6 Å². The molecule has 0 aliphatic carbocycles. The van der Waals surface area contributed by atoms with E-state index in [9.17, 15) is 49.4 Å². The van der Waals surface area contributed by atoms with Gasteiger partial charge in [-0.25, -0.2) is 40.2 Å². The van der Waals surface area contributed by atoms with E-state index in [0.717, 1.165) is 17.4 Å². The first-order valence-corrected chi connectivity index (χ1v) is 30.4. The molecule has 0 radical (unpaired) electrons. The van der Waals surface area contributed by atoms with Crippen molar-refractivity contribution in [3.8, 4) is 11.2 Å². The summed E-state index contributed by atoms with van der Waals surface area (Å²) in [5.41, 5.74) is 3.11. The Balaban J connectivity index is 0.00000361. The van der Waals surface area contributed by atoms with E-state index in [1.165, 1.54) is 46.9 Å². The van der Waals surface area contributed by atoms with Crippen LogP contribution in [0.3, 0.4) is 0 Å². The number of hydrogen-bond acceptors (Lipinski definition) is 24. The zero-order chi connectivity index (χ0) is 57.0. The molecule has 4 heterocycles. The third-order valence-corrected chi connectivity index (χ3v) is 18.1. The van der Waals surface area contributed by atoms with Crippen LogP contribution in [0, 0.1) is 32.1 Å². The molecule has 4 aromatic carbocycles. The summed E-state index contributed by atoms with van der Waals surface area (Å²) in [6, 6.07) is 15.7. The van der Waals surface area contributed by atoms with E-state index in [1.54, 1.807) is 57.2 Å². The van der Waals surface area contributed by atoms with Crippen LogP contribution >= 0.6 is 34.7 Å². The van der Waals surface area contributed by atoms with Crippen LogP contribution in [0.2, 0.25) is 0 Å². The first-order chi connectivity index (χ1) is 36.7. The minimum Gasteiger partial charge on any atom is -0.744 e. The Morgan fingerprint density at radius 3 is 1.88 bits per heavy atom. The normalized spacial score (nSPS) is 12.0. The standard InChI is InChI=1S/C50H52N10O12S6.4Li/c1-11-28-19-26(6)43(77(65,66)67)32(13-3)41(28)55-46-40(56-57-47-34(24-51)45(50(8,9)10)58-60(47)49-53-35-17-15-30(75-72-71-61)22-37(35)74-49)25(5)21-39(54-46)59(48-52-36-18-16-31(76(62,63)64)23-38(36)73-48)42-29(12-2)20-27(7)44(33(42)14-4)78(68,69)70;;;;/h15-23,61H,11-14H2,1-10H3,(H,54,55)(H,62,63,64)(H,65,66,67)(H,68,69,70);;;;/q;4*+1/p-4. The third kappa shape index (κ3) is 14.3. The molecule has 410 valence electrons. The van der Waals surface area contributed by atoms with Gasteiger partial charge in [0.2, 0.25) is 5.13 Å². The molecule has 8 rings (SSSR count). The van der Waals surface area contributed by atoms with Gasteiger partial charge in [0, 0.05) is 16.0 Å². The predicted octanol–water partition coefficient (Wildman–Crippen LogP) is -1.58. The van der Waals surface area contributed by atoms with Crippen LogP contribution in [0.25, 0.3) is 25.6 Å². The van der Waals surface area contributed by atoms with Crippen LogP contribution in [-0.4, -0.2) is 63.6 Å². The zero-order valence-electron chi connectivity index (χ0n) is 47.4. The number of anilines is 5. The molecular weight excluding hydrogens is 1150 g/mol. The van der Waals surface area contributed by atoms with E-state index >= 15 is 0 Å². The number of nitrogens with one attached hydrogen (secondary N) is 1. The number of azo groups is 1. The number of aromatic nitrogens is 5. The minimum atomic E-state index is -5.14.